The van der Waals surface area contributed by atoms with Crippen molar-refractivity contribution in [3.63, 3.8) is 0 Å². The van der Waals surface area contributed by atoms with E-state index in [2.05, 4.69) is 20.3 Å². The van der Waals surface area contributed by atoms with E-state index >= 15 is 0 Å². The fourth-order valence-corrected chi connectivity index (χ4v) is 2.99. The molecule has 0 spiro atoms. The number of anilines is 2. The van der Waals surface area contributed by atoms with Crippen molar-refractivity contribution >= 4 is 46.8 Å². The average Bonchev–Trinajstić information content (AvgIpc) is 3.17. The number of aromatic nitrogens is 4. The second-order valence-electron chi connectivity index (χ2n) is 7.75. The Kier molecular flexibility index (Phi) is 10.2. The average molecular weight is 495 g/mol. The molecule has 0 atom stereocenters. The van der Waals surface area contributed by atoms with Crippen LogP contribution in [0, 0.1) is 5.92 Å². The van der Waals surface area contributed by atoms with Crippen molar-refractivity contribution in [1.29, 1.82) is 0 Å². The fourth-order valence-electron chi connectivity index (χ4n) is 2.99. The molecule has 3 N–H and O–H groups in total. The summed E-state index contributed by atoms with van der Waals surface area (Å²) in [5, 5.41) is 3.04. The van der Waals surface area contributed by atoms with E-state index < -0.39 is 29.9 Å². The number of ether oxygens (including phenoxy) is 4. The third kappa shape index (κ3) is 9.43. The van der Waals surface area contributed by atoms with Crippen molar-refractivity contribution < 1.29 is 38.1 Å². The number of rotatable bonds is 13. The van der Waals surface area contributed by atoms with Crippen molar-refractivity contribution in [2.24, 2.45) is 5.92 Å². The molecular weight excluding hydrogens is 464 g/mol. The molecule has 2 rings (SSSR count). The van der Waals surface area contributed by atoms with Gasteiger partial charge in [-0.05, 0) is 6.42 Å². The van der Waals surface area contributed by atoms with Crippen molar-refractivity contribution in [2.75, 3.05) is 37.5 Å². The van der Waals surface area contributed by atoms with Crippen LogP contribution in [-0.4, -0.2) is 75.9 Å². The summed E-state index contributed by atoms with van der Waals surface area (Å²) in [5.74, 6) is -1.85. The molecule has 0 aromatic carbocycles. The Hall–Kier alpha value is -3.97. The van der Waals surface area contributed by atoms with Gasteiger partial charge in [-0.15, -0.1) is 0 Å². The van der Waals surface area contributed by atoms with Gasteiger partial charge in [0.05, 0.1) is 25.6 Å². The first-order valence-electron chi connectivity index (χ1n) is 10.8. The van der Waals surface area contributed by atoms with Crippen LogP contribution < -0.4 is 11.1 Å². The van der Waals surface area contributed by atoms with Gasteiger partial charge in [-0.3, -0.25) is 19.2 Å². The van der Waals surface area contributed by atoms with Crippen LogP contribution >= 0.6 is 0 Å². The van der Waals surface area contributed by atoms with Gasteiger partial charge >= 0.3 is 23.9 Å². The van der Waals surface area contributed by atoms with Crippen molar-refractivity contribution in [3.8, 4) is 0 Å². The number of nitrogens with two attached hydrogens (primary N) is 1. The minimum Gasteiger partial charge on any atom is -0.465 e. The highest BCUT2D eigenvalue weighted by atomic mass is 16.6. The predicted molar refractivity (Wildman–Crippen MR) is 122 cm³/mol. The largest absolute Gasteiger partial charge is 0.465 e. The topological polar surface area (TPSA) is 187 Å². The number of nitrogens with one attached hydrogen (secondary N) is 1. The highest BCUT2D eigenvalue weighted by Crippen LogP contribution is 2.22. The lowest BCUT2D eigenvalue weighted by molar-refractivity contribution is -0.147. The third-order valence-corrected chi connectivity index (χ3v) is 4.62. The predicted octanol–water partition coefficient (Wildman–Crippen LogP) is 0.448. The number of nitrogen functional groups attached to an aromatic ring is 1. The Morgan fingerprint density at radius 2 is 1.40 bits per heavy atom. The highest BCUT2D eigenvalue weighted by Gasteiger charge is 2.20. The molecule has 0 radical (unpaired) electrons. The van der Waals surface area contributed by atoms with Crippen molar-refractivity contribution in [3.05, 3.63) is 6.33 Å². The molecule has 0 fully saturated rings. The second kappa shape index (κ2) is 13.1. The van der Waals surface area contributed by atoms with Gasteiger partial charge in [-0.25, -0.2) is 4.98 Å². The van der Waals surface area contributed by atoms with Crippen LogP contribution in [0.2, 0.25) is 0 Å². The molecule has 192 valence electrons. The van der Waals surface area contributed by atoms with E-state index in [9.17, 15) is 19.2 Å². The summed E-state index contributed by atoms with van der Waals surface area (Å²) < 4.78 is 22.0. The Labute approximate surface area is 201 Å². The monoisotopic (exact) mass is 494 g/mol. The van der Waals surface area contributed by atoms with E-state index in [1.807, 2.05) is 0 Å². The molecule has 14 nitrogen and oxygen atoms in total. The number of nitrogens with zero attached hydrogens (tertiary/aromatic N) is 4. The minimum absolute atomic E-state index is 0.0307. The lowest BCUT2D eigenvalue weighted by Gasteiger charge is -2.19. The van der Waals surface area contributed by atoms with Gasteiger partial charge < -0.3 is 34.6 Å². The lowest BCUT2D eigenvalue weighted by Crippen LogP contribution is -2.32. The van der Waals surface area contributed by atoms with Crippen LogP contribution in [0.5, 0.6) is 0 Å². The Bertz CT molecular complexity index is 1020. The van der Waals surface area contributed by atoms with E-state index in [-0.39, 0.29) is 44.1 Å². The van der Waals surface area contributed by atoms with E-state index in [0.29, 0.717) is 24.1 Å². The molecule has 35 heavy (non-hydrogen) atoms. The van der Waals surface area contributed by atoms with Gasteiger partial charge in [0.25, 0.3) is 0 Å². The van der Waals surface area contributed by atoms with Gasteiger partial charge in [0.1, 0.15) is 13.2 Å². The standard InChI is InChI=1S/C21H30N6O8/c1-12(28)32-7-16(8-33-13(2)29)5-6-27-11-23-18-19(25-21(22)26-20(18)27)24-17(9-34-14(3)30)10-35-15(4)31/h11,16-17H,5-10H2,1-4H3,(H3,22,24,25,26). The molecule has 0 unspecified atom stereocenters. The summed E-state index contributed by atoms with van der Waals surface area (Å²) in [5.41, 5.74) is 6.72. The molecule has 0 aliphatic carbocycles. The zero-order valence-electron chi connectivity index (χ0n) is 20.1. The molecule has 0 amide bonds. The highest BCUT2D eigenvalue weighted by molar-refractivity contribution is 5.84. The summed E-state index contributed by atoms with van der Waals surface area (Å²) in [6, 6.07) is -0.609. The molecule has 0 aliphatic rings. The minimum atomic E-state index is -0.609. The number of esters is 4. The first-order chi connectivity index (χ1) is 16.5. The van der Waals surface area contributed by atoms with Crippen molar-refractivity contribution in [2.45, 2.75) is 46.7 Å². The van der Waals surface area contributed by atoms with Gasteiger partial charge in [-0.1, -0.05) is 0 Å². The number of carbonyl (C=O) groups is 4. The Morgan fingerprint density at radius 1 is 0.886 bits per heavy atom. The lowest BCUT2D eigenvalue weighted by atomic mass is 10.1. The molecule has 0 bridgehead atoms. The molecule has 2 aromatic heterocycles. The third-order valence-electron chi connectivity index (χ3n) is 4.62. The summed E-state index contributed by atoms with van der Waals surface area (Å²) in [6.45, 7) is 5.56. The zero-order chi connectivity index (χ0) is 26.0. The molecular formula is C21H30N6O8. The maximum absolute atomic E-state index is 11.2. The number of carbonyl (C=O) groups excluding carboxylic acids is 4. The van der Waals surface area contributed by atoms with Crippen LogP contribution in [0.25, 0.3) is 11.2 Å². The fraction of sp³-hybridized carbons (Fsp3) is 0.571. The number of hydrogen-bond acceptors (Lipinski definition) is 13. The molecule has 0 saturated heterocycles. The molecule has 2 aromatic rings. The van der Waals surface area contributed by atoms with E-state index in [4.69, 9.17) is 24.7 Å². The van der Waals surface area contributed by atoms with Crippen LogP contribution in [0.1, 0.15) is 34.1 Å². The van der Waals surface area contributed by atoms with Crippen LogP contribution in [-0.2, 0) is 44.7 Å². The van der Waals surface area contributed by atoms with Crippen LogP contribution in [0.15, 0.2) is 6.33 Å². The molecule has 14 heteroatoms. The van der Waals surface area contributed by atoms with E-state index in [1.54, 1.807) is 10.9 Å². The summed E-state index contributed by atoms with van der Waals surface area (Å²) >= 11 is 0. The van der Waals surface area contributed by atoms with Gasteiger partial charge in [-0.2, -0.15) is 9.97 Å². The number of imidazole rings is 1. The van der Waals surface area contributed by atoms with E-state index in [1.165, 1.54) is 27.7 Å². The Morgan fingerprint density at radius 3 is 1.91 bits per heavy atom. The van der Waals surface area contributed by atoms with Crippen LogP contribution in [0.3, 0.4) is 0 Å². The SMILES string of the molecule is CC(=O)OCC(CCn1cnc2c(NC(COC(C)=O)COC(C)=O)nc(N)nc21)COC(C)=O. The Balaban J connectivity index is 2.20. The maximum Gasteiger partial charge on any atom is 0.302 e. The second-order valence-corrected chi connectivity index (χ2v) is 7.75. The van der Waals surface area contributed by atoms with Gasteiger partial charge in [0.2, 0.25) is 5.95 Å². The van der Waals surface area contributed by atoms with Gasteiger partial charge in [0, 0.05) is 40.2 Å². The molecule has 0 aliphatic heterocycles. The number of aryl methyl sites for hydroxylation is 1. The first kappa shape index (κ1) is 27.3. The normalized spacial score (nSPS) is 10.9. The molecule has 2 heterocycles. The summed E-state index contributed by atoms with van der Waals surface area (Å²) in [7, 11) is 0. The summed E-state index contributed by atoms with van der Waals surface area (Å²) in [4.78, 5) is 57.6. The zero-order valence-corrected chi connectivity index (χ0v) is 20.1. The quantitative estimate of drug-likeness (QED) is 0.289. The van der Waals surface area contributed by atoms with E-state index in [0.717, 1.165) is 0 Å². The first-order valence-corrected chi connectivity index (χ1v) is 10.8. The molecule has 0 saturated carbocycles. The number of fused-ring (bicyclic) bond motifs is 1. The smallest absolute Gasteiger partial charge is 0.302 e. The van der Waals surface area contributed by atoms with Gasteiger partial charge in [0.15, 0.2) is 17.0 Å². The number of hydrogen-bond donors (Lipinski definition) is 2. The summed E-state index contributed by atoms with van der Waals surface area (Å²) in [6.07, 6.45) is 2.03. The van der Waals surface area contributed by atoms with Crippen LogP contribution in [0.4, 0.5) is 11.8 Å². The van der Waals surface area contributed by atoms with Crippen molar-refractivity contribution in [1.82, 2.24) is 19.5 Å². The maximum atomic E-state index is 11.2.